The predicted molar refractivity (Wildman–Crippen MR) is 69.6 cm³/mol. The Balaban J connectivity index is 0.00000220. The van der Waals surface area contributed by atoms with Gasteiger partial charge in [-0.3, -0.25) is 0 Å². The van der Waals surface area contributed by atoms with Crippen LogP contribution in [0.2, 0.25) is 0 Å². The molecule has 21 heavy (non-hydrogen) atoms. The molecule has 1 aromatic carbocycles. The fraction of sp³-hybridized carbons (Fsp3) is 0.455. The van der Waals surface area contributed by atoms with Crippen molar-refractivity contribution in [3.05, 3.63) is 17.9 Å². The van der Waals surface area contributed by atoms with Crippen LogP contribution in [-0.2, 0) is 10.0 Å². The number of hydrogen-bond donors (Lipinski definition) is 1. The summed E-state index contributed by atoms with van der Waals surface area (Å²) in [5.41, 5.74) is -0.322. The van der Waals surface area contributed by atoms with Crippen molar-refractivity contribution in [2.45, 2.75) is 18.0 Å². The van der Waals surface area contributed by atoms with E-state index in [0.717, 1.165) is 12.1 Å². The second-order valence-electron chi connectivity index (χ2n) is 5.42. The van der Waals surface area contributed by atoms with E-state index in [4.69, 9.17) is 0 Å². The van der Waals surface area contributed by atoms with E-state index < -0.39 is 15.8 Å². The smallest absolute Gasteiger partial charge is 0.247 e. The van der Waals surface area contributed by atoms with E-state index in [1.807, 2.05) is 21.1 Å². The van der Waals surface area contributed by atoms with Gasteiger partial charge in [-0.2, -0.15) is 4.72 Å². The number of benzene rings is 1. The highest BCUT2D eigenvalue weighted by Crippen LogP contribution is 2.22. The molecule has 1 atom stereocenters. The predicted octanol–water partition coefficient (Wildman–Crippen LogP) is -2.30. The van der Waals surface area contributed by atoms with Crippen molar-refractivity contribution in [1.29, 1.82) is 0 Å². The minimum absolute atomic E-state index is 0. The molecular formula is C11H16ClFN4O3S. The monoisotopic (exact) mass is 338 g/mol. The van der Waals surface area contributed by atoms with Gasteiger partial charge in [0, 0.05) is 6.92 Å². The standard InChI is InChI=1S/C11H16FN4O3S.ClH/c1-7(16(2,3)4)15-20(17,18)9-6-5-8(12)10-11(9)14-19-13-10;/h5-7,15H,1-4H3;1H/q+1;/p-1. The number of aromatic nitrogens is 2. The van der Waals surface area contributed by atoms with E-state index in [0.29, 0.717) is 4.48 Å². The number of quaternary nitrogens is 1. The molecule has 0 radical (unpaired) electrons. The highest BCUT2D eigenvalue weighted by atomic mass is 35.5. The van der Waals surface area contributed by atoms with Crippen LogP contribution < -0.4 is 17.1 Å². The summed E-state index contributed by atoms with van der Waals surface area (Å²) < 4.78 is 45.5. The van der Waals surface area contributed by atoms with Crippen molar-refractivity contribution < 1.29 is 34.3 Å². The van der Waals surface area contributed by atoms with Gasteiger partial charge in [-0.25, -0.2) is 17.4 Å². The lowest BCUT2D eigenvalue weighted by molar-refractivity contribution is -0.895. The maximum Gasteiger partial charge on any atom is 0.247 e. The Morgan fingerprint density at radius 2 is 1.81 bits per heavy atom. The van der Waals surface area contributed by atoms with Gasteiger partial charge in [0.1, 0.15) is 4.90 Å². The topological polar surface area (TPSA) is 85.1 Å². The molecule has 118 valence electrons. The van der Waals surface area contributed by atoms with Gasteiger partial charge in [0.15, 0.2) is 23.0 Å². The van der Waals surface area contributed by atoms with Crippen LogP contribution >= 0.6 is 0 Å². The lowest BCUT2D eigenvalue weighted by Crippen LogP contribution is -3.00. The number of rotatable bonds is 4. The van der Waals surface area contributed by atoms with Gasteiger partial charge in [0.05, 0.1) is 21.1 Å². The zero-order chi connectivity index (χ0) is 15.1. The first-order valence-electron chi connectivity index (χ1n) is 5.87. The number of sulfonamides is 1. The molecule has 0 saturated heterocycles. The molecule has 1 unspecified atom stereocenters. The Hall–Kier alpha value is -1.29. The normalized spacial score (nSPS) is 14.0. The van der Waals surface area contributed by atoms with Crippen molar-refractivity contribution in [3.63, 3.8) is 0 Å². The van der Waals surface area contributed by atoms with E-state index in [2.05, 4.69) is 19.7 Å². The number of nitrogens with one attached hydrogen (secondary N) is 1. The van der Waals surface area contributed by atoms with Crippen LogP contribution in [0.3, 0.4) is 0 Å². The molecule has 0 amide bonds. The SMILES string of the molecule is CC(NS(=O)(=O)c1ccc(F)c2nonc12)[N+](C)(C)C.[Cl-]. The molecule has 1 aromatic heterocycles. The number of hydrogen-bond acceptors (Lipinski definition) is 5. The Morgan fingerprint density at radius 1 is 1.24 bits per heavy atom. The zero-order valence-electron chi connectivity index (χ0n) is 12.0. The molecule has 0 fully saturated rings. The minimum atomic E-state index is -3.85. The van der Waals surface area contributed by atoms with Crippen LogP contribution in [-0.4, -0.2) is 50.5 Å². The Kier molecular flexibility index (Phi) is 4.94. The van der Waals surface area contributed by atoms with Crippen molar-refractivity contribution in [2.75, 3.05) is 21.1 Å². The van der Waals surface area contributed by atoms with Gasteiger partial charge in [0.25, 0.3) is 0 Å². The van der Waals surface area contributed by atoms with Crippen LogP contribution in [0, 0.1) is 5.82 Å². The van der Waals surface area contributed by atoms with Crippen molar-refractivity contribution in [2.24, 2.45) is 0 Å². The largest absolute Gasteiger partial charge is 1.00 e. The molecule has 0 spiro atoms. The van der Waals surface area contributed by atoms with Gasteiger partial charge in [-0.05, 0) is 22.4 Å². The average molecular weight is 339 g/mol. The van der Waals surface area contributed by atoms with Gasteiger partial charge in [0.2, 0.25) is 10.0 Å². The summed E-state index contributed by atoms with van der Waals surface area (Å²) in [7, 11) is 1.71. The summed E-state index contributed by atoms with van der Waals surface area (Å²) in [6, 6.07) is 2.17. The van der Waals surface area contributed by atoms with E-state index in [1.54, 1.807) is 6.92 Å². The first kappa shape index (κ1) is 17.8. The summed E-state index contributed by atoms with van der Waals surface area (Å²) >= 11 is 0. The first-order valence-corrected chi connectivity index (χ1v) is 7.35. The number of halogens is 2. The van der Waals surface area contributed by atoms with Crippen LogP contribution in [0.5, 0.6) is 0 Å². The summed E-state index contributed by atoms with van der Waals surface area (Å²) in [6.07, 6.45) is -0.375. The highest BCUT2D eigenvalue weighted by Gasteiger charge is 2.28. The van der Waals surface area contributed by atoms with Gasteiger partial charge >= 0.3 is 0 Å². The van der Waals surface area contributed by atoms with E-state index in [-0.39, 0.29) is 34.5 Å². The highest BCUT2D eigenvalue weighted by molar-refractivity contribution is 7.89. The van der Waals surface area contributed by atoms with E-state index >= 15 is 0 Å². The molecule has 0 aliphatic carbocycles. The van der Waals surface area contributed by atoms with Crippen LogP contribution in [0.4, 0.5) is 4.39 Å². The summed E-state index contributed by atoms with van der Waals surface area (Å²) in [6.45, 7) is 1.74. The second-order valence-corrected chi connectivity index (χ2v) is 7.10. The quantitative estimate of drug-likeness (QED) is 0.500. The van der Waals surface area contributed by atoms with Gasteiger partial charge in [-0.15, -0.1) is 0 Å². The number of nitrogens with zero attached hydrogens (tertiary/aromatic N) is 3. The van der Waals surface area contributed by atoms with Crippen LogP contribution in [0.15, 0.2) is 21.7 Å². The fourth-order valence-electron chi connectivity index (χ4n) is 1.48. The third-order valence-corrected chi connectivity index (χ3v) is 4.67. The van der Waals surface area contributed by atoms with Gasteiger partial charge in [-0.1, -0.05) is 0 Å². The summed E-state index contributed by atoms with van der Waals surface area (Å²) in [5.74, 6) is -0.681. The average Bonchev–Trinajstić information content (AvgIpc) is 2.76. The third-order valence-electron chi connectivity index (χ3n) is 3.11. The first-order chi connectivity index (χ1) is 9.13. The Morgan fingerprint density at radius 3 is 2.38 bits per heavy atom. The lowest BCUT2D eigenvalue weighted by Gasteiger charge is -2.31. The van der Waals surface area contributed by atoms with Crippen LogP contribution in [0.25, 0.3) is 11.0 Å². The molecule has 0 bridgehead atoms. The van der Waals surface area contributed by atoms with Crippen molar-refractivity contribution in [3.8, 4) is 0 Å². The third kappa shape index (κ3) is 3.49. The molecule has 1 N–H and O–H groups in total. The second kappa shape index (κ2) is 5.84. The summed E-state index contributed by atoms with van der Waals surface area (Å²) in [4.78, 5) is -0.157. The van der Waals surface area contributed by atoms with Crippen molar-refractivity contribution in [1.82, 2.24) is 15.0 Å². The van der Waals surface area contributed by atoms with E-state index in [9.17, 15) is 12.8 Å². The molecule has 1 heterocycles. The van der Waals surface area contributed by atoms with Crippen molar-refractivity contribution >= 4 is 21.1 Å². The molecule has 2 rings (SSSR count). The molecular weight excluding hydrogens is 323 g/mol. The molecule has 0 aliphatic rings. The fourth-order valence-corrected chi connectivity index (χ4v) is 3.00. The number of fused-ring (bicyclic) bond motifs is 1. The lowest BCUT2D eigenvalue weighted by atomic mass is 10.3. The zero-order valence-corrected chi connectivity index (χ0v) is 13.5. The molecule has 0 aliphatic heterocycles. The molecule has 2 aromatic rings. The molecule has 0 saturated carbocycles. The maximum atomic E-state index is 13.5. The minimum Gasteiger partial charge on any atom is -1.00 e. The van der Waals surface area contributed by atoms with Gasteiger partial charge < -0.3 is 16.9 Å². The molecule has 10 heteroatoms. The summed E-state index contributed by atoms with van der Waals surface area (Å²) in [5, 5.41) is 6.83. The maximum absolute atomic E-state index is 13.5. The Labute approximate surface area is 128 Å². The van der Waals surface area contributed by atoms with E-state index in [1.165, 1.54) is 0 Å². The Bertz CT molecular complexity index is 741. The molecule has 7 nitrogen and oxygen atoms in total. The van der Waals surface area contributed by atoms with Crippen LogP contribution in [0.1, 0.15) is 6.92 Å².